The number of anilines is 1. The highest BCUT2D eigenvalue weighted by atomic mass is 16.2. The summed E-state index contributed by atoms with van der Waals surface area (Å²) < 4.78 is 0. The molecule has 1 aromatic carbocycles. The number of ketones is 1. The van der Waals surface area contributed by atoms with Gasteiger partial charge in [0.1, 0.15) is 0 Å². The first-order valence-electron chi connectivity index (χ1n) is 4.27. The highest BCUT2D eigenvalue weighted by Crippen LogP contribution is 2.35. The van der Waals surface area contributed by atoms with E-state index in [1.807, 2.05) is 18.2 Å². The second-order valence-corrected chi connectivity index (χ2v) is 3.35. The van der Waals surface area contributed by atoms with Crippen molar-refractivity contribution in [1.29, 1.82) is 0 Å². The van der Waals surface area contributed by atoms with Crippen LogP contribution in [-0.2, 0) is 11.2 Å². The van der Waals surface area contributed by atoms with Crippen LogP contribution in [-0.4, -0.2) is 18.2 Å². The highest BCUT2D eigenvalue weighted by Gasteiger charge is 2.40. The van der Waals surface area contributed by atoms with Gasteiger partial charge in [0.05, 0.1) is 11.3 Å². The Labute approximate surface area is 75.0 Å². The lowest BCUT2D eigenvalue weighted by Gasteiger charge is -2.20. The minimum absolute atomic E-state index is 0.330. The number of rotatable bonds is 0. The van der Waals surface area contributed by atoms with E-state index in [1.54, 1.807) is 4.90 Å². The fourth-order valence-electron chi connectivity index (χ4n) is 2.08. The molecule has 0 aromatic heterocycles. The van der Waals surface area contributed by atoms with Crippen molar-refractivity contribution in [3.8, 4) is 0 Å². The maximum absolute atomic E-state index is 11.5. The van der Waals surface area contributed by atoms with Gasteiger partial charge in [0, 0.05) is 6.54 Å². The van der Waals surface area contributed by atoms with E-state index in [2.05, 4.69) is 0 Å². The normalized spacial score (nSPS) is 18.3. The minimum Gasteiger partial charge on any atom is -0.304 e. The van der Waals surface area contributed by atoms with Crippen molar-refractivity contribution in [1.82, 2.24) is 0 Å². The Kier molecular flexibility index (Phi) is 1.05. The molecular formula is C10H7NO2. The summed E-state index contributed by atoms with van der Waals surface area (Å²) in [6.07, 6.45) is 0.806. The van der Waals surface area contributed by atoms with E-state index in [9.17, 15) is 9.59 Å². The number of carbonyl (C=O) groups is 2. The third-order valence-electron chi connectivity index (χ3n) is 2.69. The topological polar surface area (TPSA) is 37.4 Å². The molecule has 0 unspecified atom stereocenters. The van der Waals surface area contributed by atoms with Gasteiger partial charge in [-0.25, -0.2) is 0 Å². The smallest absolute Gasteiger partial charge is 0.299 e. The first kappa shape index (κ1) is 6.83. The highest BCUT2D eigenvalue weighted by molar-refractivity contribution is 6.53. The molecule has 0 fully saturated rings. The van der Waals surface area contributed by atoms with Crippen molar-refractivity contribution in [3.05, 3.63) is 29.3 Å². The van der Waals surface area contributed by atoms with E-state index in [1.165, 1.54) is 0 Å². The zero-order valence-electron chi connectivity index (χ0n) is 6.91. The quantitative estimate of drug-likeness (QED) is 0.543. The van der Waals surface area contributed by atoms with Gasteiger partial charge >= 0.3 is 0 Å². The van der Waals surface area contributed by atoms with E-state index in [-0.39, 0.29) is 11.7 Å². The lowest BCUT2D eigenvalue weighted by Crippen LogP contribution is -2.31. The zero-order chi connectivity index (χ0) is 9.00. The first-order valence-corrected chi connectivity index (χ1v) is 4.27. The van der Waals surface area contributed by atoms with E-state index in [0.29, 0.717) is 12.1 Å². The molecule has 3 nitrogen and oxygen atoms in total. The maximum Gasteiger partial charge on any atom is 0.299 e. The Morgan fingerprint density at radius 3 is 2.85 bits per heavy atom. The van der Waals surface area contributed by atoms with Crippen molar-refractivity contribution in [3.63, 3.8) is 0 Å². The fourth-order valence-corrected chi connectivity index (χ4v) is 2.08. The Balaban J connectivity index is 2.40. The van der Waals surface area contributed by atoms with Crippen molar-refractivity contribution in [2.24, 2.45) is 0 Å². The van der Waals surface area contributed by atoms with Crippen LogP contribution in [0, 0.1) is 0 Å². The van der Waals surface area contributed by atoms with Gasteiger partial charge in [0.2, 0.25) is 0 Å². The summed E-state index contributed by atoms with van der Waals surface area (Å²) in [5.74, 6) is -0.692. The summed E-state index contributed by atoms with van der Waals surface area (Å²) in [6, 6.07) is 5.65. The molecule has 0 N–H and O–H groups in total. The van der Waals surface area contributed by atoms with E-state index in [4.69, 9.17) is 0 Å². The molecule has 1 amide bonds. The van der Waals surface area contributed by atoms with Crippen molar-refractivity contribution < 1.29 is 9.59 Å². The van der Waals surface area contributed by atoms with E-state index < -0.39 is 0 Å². The second kappa shape index (κ2) is 1.99. The number of amides is 1. The van der Waals surface area contributed by atoms with Crippen LogP contribution in [0.2, 0.25) is 0 Å². The predicted molar refractivity (Wildman–Crippen MR) is 46.8 cm³/mol. The third kappa shape index (κ3) is 0.651. The van der Waals surface area contributed by atoms with Gasteiger partial charge in [-0.05, 0) is 18.1 Å². The molecule has 4 bridgehead atoms. The van der Waals surface area contributed by atoms with Gasteiger partial charge in [-0.3, -0.25) is 9.59 Å². The number of benzene rings is 1. The van der Waals surface area contributed by atoms with Crippen LogP contribution in [0.1, 0.15) is 15.9 Å². The molecule has 64 valence electrons. The van der Waals surface area contributed by atoms with Crippen LogP contribution in [0.3, 0.4) is 0 Å². The molecular weight excluding hydrogens is 166 g/mol. The molecule has 0 aliphatic carbocycles. The lowest BCUT2D eigenvalue weighted by atomic mass is 9.99. The van der Waals surface area contributed by atoms with Crippen molar-refractivity contribution in [2.45, 2.75) is 6.42 Å². The molecule has 2 heterocycles. The monoisotopic (exact) mass is 173 g/mol. The summed E-state index contributed by atoms with van der Waals surface area (Å²) in [5.41, 5.74) is 2.46. The summed E-state index contributed by atoms with van der Waals surface area (Å²) in [7, 11) is 0. The predicted octanol–water partition coefficient (Wildman–Crippen LogP) is 0.772. The molecule has 3 heteroatoms. The standard InChI is InChI=1S/C10H7NO2/c12-9-8-6-2-1-3-7(8)11(5-4-6)10(9)13/h1-3H,4-5H2. The van der Waals surface area contributed by atoms with Gasteiger partial charge in [-0.2, -0.15) is 0 Å². The Hall–Kier alpha value is -1.64. The van der Waals surface area contributed by atoms with Crippen molar-refractivity contribution in [2.75, 3.05) is 11.4 Å². The molecule has 1 aromatic rings. The largest absolute Gasteiger partial charge is 0.304 e. The molecule has 2 aliphatic rings. The van der Waals surface area contributed by atoms with Gasteiger partial charge in [-0.1, -0.05) is 12.1 Å². The Morgan fingerprint density at radius 2 is 2.08 bits per heavy atom. The average Bonchev–Trinajstić information content (AvgIpc) is 2.29. The minimum atomic E-state index is -0.361. The Bertz CT molecular complexity index is 437. The van der Waals surface area contributed by atoms with Crippen LogP contribution in [0.15, 0.2) is 18.2 Å². The molecule has 2 aliphatic heterocycles. The van der Waals surface area contributed by atoms with Gasteiger partial charge < -0.3 is 4.90 Å². The fraction of sp³-hybridized carbons (Fsp3) is 0.200. The van der Waals surface area contributed by atoms with Crippen LogP contribution >= 0.6 is 0 Å². The molecule has 0 radical (unpaired) electrons. The van der Waals surface area contributed by atoms with E-state index >= 15 is 0 Å². The number of hydrogen-bond donors (Lipinski definition) is 0. The summed E-state index contributed by atoms with van der Waals surface area (Å²) >= 11 is 0. The number of nitrogens with zero attached hydrogens (tertiary/aromatic N) is 1. The number of Topliss-reactive ketones (excluding diaryl/α,β-unsaturated/α-hetero) is 1. The second-order valence-electron chi connectivity index (χ2n) is 3.35. The summed E-state index contributed by atoms with van der Waals surface area (Å²) in [5, 5.41) is 0. The molecule has 3 rings (SSSR count). The van der Waals surface area contributed by atoms with Crippen molar-refractivity contribution >= 4 is 17.4 Å². The third-order valence-corrected chi connectivity index (χ3v) is 2.69. The van der Waals surface area contributed by atoms with Crippen LogP contribution in [0.5, 0.6) is 0 Å². The van der Waals surface area contributed by atoms with Crippen LogP contribution < -0.4 is 4.90 Å². The molecule has 13 heavy (non-hydrogen) atoms. The maximum atomic E-state index is 11.5. The molecule has 0 saturated carbocycles. The number of hydrogen-bond acceptors (Lipinski definition) is 2. The summed E-state index contributed by atoms with van der Waals surface area (Å²) in [6.45, 7) is 0.652. The number of carbonyl (C=O) groups excluding carboxylic acids is 2. The molecule has 0 saturated heterocycles. The van der Waals surface area contributed by atoms with Gasteiger partial charge in [-0.15, -0.1) is 0 Å². The Morgan fingerprint density at radius 1 is 1.23 bits per heavy atom. The lowest BCUT2D eigenvalue weighted by molar-refractivity contribution is -0.114. The van der Waals surface area contributed by atoms with Crippen LogP contribution in [0.25, 0.3) is 0 Å². The van der Waals surface area contributed by atoms with Gasteiger partial charge in [0.25, 0.3) is 11.7 Å². The molecule has 0 atom stereocenters. The van der Waals surface area contributed by atoms with Crippen LogP contribution in [0.4, 0.5) is 5.69 Å². The van der Waals surface area contributed by atoms with E-state index in [0.717, 1.165) is 17.7 Å². The first-order chi connectivity index (χ1) is 6.29. The summed E-state index contributed by atoms with van der Waals surface area (Å²) in [4.78, 5) is 24.5. The van der Waals surface area contributed by atoms with Gasteiger partial charge in [0.15, 0.2) is 0 Å². The molecule has 0 spiro atoms. The average molecular weight is 173 g/mol. The SMILES string of the molecule is O=C1C(=O)N2CCc3cccc2c31. The zero-order valence-corrected chi connectivity index (χ0v) is 6.91.